The van der Waals surface area contributed by atoms with Crippen LogP contribution in [0.3, 0.4) is 0 Å². The van der Waals surface area contributed by atoms with Crippen LogP contribution in [0.1, 0.15) is 31.1 Å². The number of carboxylic acids is 1. The van der Waals surface area contributed by atoms with Crippen molar-refractivity contribution in [2.75, 3.05) is 5.32 Å². The Morgan fingerprint density at radius 3 is 2.47 bits per heavy atom. The molecule has 0 radical (unpaired) electrons. The second kappa shape index (κ2) is 5.34. The molecule has 0 aliphatic heterocycles. The molecule has 5 heteroatoms. The summed E-state index contributed by atoms with van der Waals surface area (Å²) in [6, 6.07) is 4.44. The van der Waals surface area contributed by atoms with Crippen LogP contribution in [0.2, 0.25) is 0 Å². The van der Waals surface area contributed by atoms with E-state index >= 15 is 0 Å². The number of carboxylic acid groups (broad SMARTS) is 1. The van der Waals surface area contributed by atoms with E-state index in [9.17, 15) is 9.59 Å². The number of carbonyl (C=O) groups is 2. The smallest absolute Gasteiger partial charge is 0.339 e. The second-order valence-electron chi connectivity index (χ2n) is 3.86. The zero-order chi connectivity index (χ0) is 13.0. The molecule has 5 nitrogen and oxygen atoms in total. The predicted octanol–water partition coefficient (Wildman–Crippen LogP) is 2.13. The summed E-state index contributed by atoms with van der Waals surface area (Å²) in [5.41, 5.74) is 0.589. The van der Waals surface area contributed by atoms with Gasteiger partial charge in [-0.25, -0.2) is 4.79 Å². The molecule has 0 aliphatic rings. The van der Waals surface area contributed by atoms with Gasteiger partial charge in [-0.3, -0.25) is 4.79 Å². The van der Waals surface area contributed by atoms with E-state index in [1.54, 1.807) is 13.8 Å². The number of aromatic carboxylic acids is 1. The highest BCUT2D eigenvalue weighted by molar-refractivity contribution is 5.93. The second-order valence-corrected chi connectivity index (χ2v) is 3.86. The molecule has 1 rings (SSSR count). The van der Waals surface area contributed by atoms with Gasteiger partial charge in [0.25, 0.3) is 0 Å². The summed E-state index contributed by atoms with van der Waals surface area (Å²) in [6.07, 6.45) is -0.138. The number of anilines is 1. The van der Waals surface area contributed by atoms with E-state index in [0.29, 0.717) is 5.69 Å². The molecule has 0 aromatic heterocycles. The van der Waals surface area contributed by atoms with E-state index in [0.717, 1.165) is 0 Å². The van der Waals surface area contributed by atoms with Crippen molar-refractivity contribution in [2.45, 2.75) is 26.9 Å². The van der Waals surface area contributed by atoms with Gasteiger partial charge in [-0.05, 0) is 26.0 Å². The number of nitrogens with one attached hydrogen (secondary N) is 1. The first-order valence-corrected chi connectivity index (χ1v) is 5.21. The van der Waals surface area contributed by atoms with Gasteiger partial charge in [0.2, 0.25) is 5.91 Å². The summed E-state index contributed by atoms with van der Waals surface area (Å²) >= 11 is 0. The molecule has 1 aromatic carbocycles. The molecule has 1 aromatic rings. The molecule has 0 saturated heterocycles. The maximum absolute atomic E-state index is 11.0. The van der Waals surface area contributed by atoms with Gasteiger partial charge in [0.05, 0.1) is 6.10 Å². The molecular formula is C12H15NO4. The highest BCUT2D eigenvalue weighted by Crippen LogP contribution is 2.24. The third-order valence-corrected chi connectivity index (χ3v) is 1.90. The lowest BCUT2D eigenvalue weighted by Crippen LogP contribution is -2.11. The summed E-state index contributed by atoms with van der Waals surface area (Å²) in [7, 11) is 0. The first kappa shape index (κ1) is 13.0. The molecule has 0 fully saturated rings. The third-order valence-electron chi connectivity index (χ3n) is 1.90. The van der Waals surface area contributed by atoms with Crippen molar-refractivity contribution in [1.29, 1.82) is 0 Å². The molecule has 0 atom stereocenters. The Morgan fingerprint density at radius 2 is 2.00 bits per heavy atom. The normalized spacial score (nSPS) is 10.1. The Balaban J connectivity index is 3.09. The minimum absolute atomic E-state index is 0.0767. The Bertz CT molecular complexity index is 440. The van der Waals surface area contributed by atoms with Crippen molar-refractivity contribution < 1.29 is 19.4 Å². The van der Waals surface area contributed by atoms with Gasteiger partial charge in [0, 0.05) is 18.7 Å². The number of ether oxygens (including phenoxy) is 1. The summed E-state index contributed by atoms with van der Waals surface area (Å²) in [5, 5.41) is 11.6. The molecule has 0 spiro atoms. The average Bonchev–Trinajstić information content (AvgIpc) is 2.15. The fourth-order valence-corrected chi connectivity index (χ4v) is 1.33. The van der Waals surface area contributed by atoms with E-state index in [1.165, 1.54) is 25.1 Å². The van der Waals surface area contributed by atoms with Gasteiger partial charge < -0.3 is 15.2 Å². The highest BCUT2D eigenvalue weighted by Gasteiger charge is 2.13. The van der Waals surface area contributed by atoms with Crippen molar-refractivity contribution in [3.63, 3.8) is 0 Å². The van der Waals surface area contributed by atoms with Gasteiger partial charge >= 0.3 is 5.97 Å². The van der Waals surface area contributed by atoms with Crippen LogP contribution in [0.25, 0.3) is 0 Å². The van der Waals surface area contributed by atoms with E-state index in [1.807, 2.05) is 0 Å². The molecule has 1 amide bonds. The monoisotopic (exact) mass is 237 g/mol. The quantitative estimate of drug-likeness (QED) is 0.841. The Labute approximate surface area is 99.4 Å². The minimum atomic E-state index is -1.06. The molecule has 0 bridgehead atoms. The van der Waals surface area contributed by atoms with Crippen molar-refractivity contribution in [3.8, 4) is 5.75 Å². The molecule has 0 saturated carbocycles. The molecular weight excluding hydrogens is 222 g/mol. The molecule has 17 heavy (non-hydrogen) atoms. The summed E-state index contributed by atoms with van der Waals surface area (Å²) in [4.78, 5) is 21.9. The lowest BCUT2D eigenvalue weighted by Gasteiger charge is -2.13. The third kappa shape index (κ3) is 3.79. The van der Waals surface area contributed by atoms with Crippen LogP contribution in [0.5, 0.6) is 5.75 Å². The first-order chi connectivity index (χ1) is 7.90. The van der Waals surface area contributed by atoms with Gasteiger partial charge in [-0.1, -0.05) is 0 Å². The number of amides is 1. The molecule has 0 aliphatic carbocycles. The van der Waals surface area contributed by atoms with Crippen molar-refractivity contribution in [2.24, 2.45) is 0 Å². The predicted molar refractivity (Wildman–Crippen MR) is 63.5 cm³/mol. The maximum atomic E-state index is 11.0. The highest BCUT2D eigenvalue weighted by atomic mass is 16.5. The van der Waals surface area contributed by atoms with Crippen LogP contribution in [0.4, 0.5) is 5.69 Å². The number of hydrogen-bond acceptors (Lipinski definition) is 3. The van der Waals surface area contributed by atoms with Crippen molar-refractivity contribution in [3.05, 3.63) is 23.8 Å². The number of hydrogen-bond donors (Lipinski definition) is 2. The summed E-state index contributed by atoms with van der Waals surface area (Å²) in [6.45, 7) is 4.99. The van der Waals surface area contributed by atoms with E-state index in [-0.39, 0.29) is 23.3 Å². The summed E-state index contributed by atoms with van der Waals surface area (Å²) in [5.74, 6) is -1.03. The van der Waals surface area contributed by atoms with Crippen LogP contribution in [0.15, 0.2) is 18.2 Å². The van der Waals surface area contributed by atoms with Gasteiger partial charge in [0.1, 0.15) is 11.3 Å². The maximum Gasteiger partial charge on any atom is 0.339 e. The molecule has 0 heterocycles. The average molecular weight is 237 g/mol. The van der Waals surface area contributed by atoms with Gasteiger partial charge in [-0.15, -0.1) is 0 Å². The largest absolute Gasteiger partial charge is 0.490 e. The van der Waals surface area contributed by atoms with Gasteiger partial charge in [0.15, 0.2) is 0 Å². The topological polar surface area (TPSA) is 75.6 Å². The number of carbonyl (C=O) groups excluding carboxylic acids is 1. The van der Waals surface area contributed by atoms with E-state index in [4.69, 9.17) is 9.84 Å². The standard InChI is InChI=1S/C12H15NO4/c1-7(2)17-11-6-9(13-8(3)14)4-5-10(11)12(15)16/h4-7H,1-3H3,(H,13,14)(H,15,16). The zero-order valence-corrected chi connectivity index (χ0v) is 9.98. The summed E-state index contributed by atoms with van der Waals surface area (Å²) < 4.78 is 5.40. The first-order valence-electron chi connectivity index (χ1n) is 5.21. The van der Waals surface area contributed by atoms with Crippen LogP contribution < -0.4 is 10.1 Å². The zero-order valence-electron chi connectivity index (χ0n) is 9.98. The fraction of sp³-hybridized carbons (Fsp3) is 0.333. The Kier molecular flexibility index (Phi) is 4.09. The van der Waals surface area contributed by atoms with Crippen molar-refractivity contribution in [1.82, 2.24) is 0 Å². The Hall–Kier alpha value is -2.04. The number of benzene rings is 1. The van der Waals surface area contributed by atoms with E-state index < -0.39 is 5.97 Å². The van der Waals surface area contributed by atoms with Crippen LogP contribution in [-0.4, -0.2) is 23.1 Å². The van der Waals surface area contributed by atoms with Crippen LogP contribution >= 0.6 is 0 Å². The van der Waals surface area contributed by atoms with Crippen LogP contribution in [0, 0.1) is 0 Å². The molecule has 0 unspecified atom stereocenters. The van der Waals surface area contributed by atoms with Gasteiger partial charge in [-0.2, -0.15) is 0 Å². The van der Waals surface area contributed by atoms with Crippen molar-refractivity contribution >= 4 is 17.6 Å². The molecule has 2 N–H and O–H groups in total. The lowest BCUT2D eigenvalue weighted by molar-refractivity contribution is -0.114. The van der Waals surface area contributed by atoms with Crippen LogP contribution in [-0.2, 0) is 4.79 Å². The Morgan fingerprint density at radius 1 is 1.35 bits per heavy atom. The van der Waals surface area contributed by atoms with E-state index in [2.05, 4.69) is 5.32 Å². The lowest BCUT2D eigenvalue weighted by atomic mass is 10.1. The fourth-order valence-electron chi connectivity index (χ4n) is 1.33. The minimum Gasteiger partial charge on any atom is -0.490 e. The SMILES string of the molecule is CC(=O)Nc1ccc(C(=O)O)c(OC(C)C)c1. The number of rotatable bonds is 4. The molecule has 92 valence electrons.